The van der Waals surface area contributed by atoms with Crippen molar-refractivity contribution in [2.75, 3.05) is 11.9 Å². The molecule has 1 atom stereocenters. The Bertz CT molecular complexity index is 999. The number of rotatable bonds is 4. The van der Waals surface area contributed by atoms with Gasteiger partial charge in [-0.3, -0.25) is 9.20 Å². The van der Waals surface area contributed by atoms with E-state index in [1.165, 1.54) is 0 Å². The molecule has 134 valence electrons. The summed E-state index contributed by atoms with van der Waals surface area (Å²) in [5.74, 6) is 1.02. The van der Waals surface area contributed by atoms with Crippen LogP contribution >= 0.6 is 11.6 Å². The second-order valence-corrected chi connectivity index (χ2v) is 6.51. The molecule has 1 aromatic carbocycles. The molecule has 7 heteroatoms. The Morgan fingerprint density at radius 1 is 1.46 bits per heavy atom. The monoisotopic (exact) mass is 371 g/mol. The summed E-state index contributed by atoms with van der Waals surface area (Å²) in [6.07, 6.45) is 2.68. The summed E-state index contributed by atoms with van der Waals surface area (Å²) in [6.45, 7) is 4.41. The number of hydrogen-bond acceptors (Lipinski definition) is 4. The van der Waals surface area contributed by atoms with Gasteiger partial charge in [-0.15, -0.1) is 0 Å². The molecule has 3 heterocycles. The lowest BCUT2D eigenvalue weighted by Crippen LogP contribution is -2.16. The van der Waals surface area contributed by atoms with E-state index in [-0.39, 0.29) is 22.9 Å². The van der Waals surface area contributed by atoms with Crippen molar-refractivity contribution in [3.05, 3.63) is 52.9 Å². The lowest BCUT2D eigenvalue weighted by Gasteiger charge is -2.13. The van der Waals surface area contributed by atoms with Gasteiger partial charge in [-0.05, 0) is 32.0 Å². The molecular formula is C19H18ClN3O3. The fourth-order valence-electron chi connectivity index (χ4n) is 3.16. The van der Waals surface area contributed by atoms with E-state index in [1.807, 2.05) is 32.0 Å². The number of halogens is 1. The third-order valence-electron chi connectivity index (χ3n) is 4.25. The Morgan fingerprint density at radius 2 is 2.31 bits per heavy atom. The number of nitrogens with one attached hydrogen (secondary N) is 1. The van der Waals surface area contributed by atoms with Crippen molar-refractivity contribution in [2.45, 2.75) is 26.4 Å². The van der Waals surface area contributed by atoms with E-state index >= 15 is 0 Å². The van der Waals surface area contributed by atoms with Crippen molar-refractivity contribution < 1.29 is 14.3 Å². The van der Waals surface area contributed by atoms with Crippen molar-refractivity contribution in [3.63, 3.8) is 0 Å². The molecule has 2 aromatic heterocycles. The fourth-order valence-corrected chi connectivity index (χ4v) is 3.43. The summed E-state index contributed by atoms with van der Waals surface area (Å²) in [5, 5.41) is 3.04. The van der Waals surface area contributed by atoms with Gasteiger partial charge in [0, 0.05) is 24.2 Å². The van der Waals surface area contributed by atoms with E-state index in [9.17, 15) is 4.79 Å². The van der Waals surface area contributed by atoms with Crippen LogP contribution in [0.15, 0.2) is 36.5 Å². The van der Waals surface area contributed by atoms with Gasteiger partial charge < -0.3 is 14.8 Å². The number of aromatic nitrogens is 2. The average molecular weight is 372 g/mol. The molecule has 6 nitrogen and oxygen atoms in total. The molecule has 26 heavy (non-hydrogen) atoms. The molecule has 1 N–H and O–H groups in total. The predicted molar refractivity (Wildman–Crippen MR) is 99.6 cm³/mol. The molecule has 0 bridgehead atoms. The summed E-state index contributed by atoms with van der Waals surface area (Å²) in [7, 11) is 0. The summed E-state index contributed by atoms with van der Waals surface area (Å²) in [6, 6.07) is 9.18. The second kappa shape index (κ2) is 6.53. The number of carbonyl (C=O) groups is 1. The van der Waals surface area contributed by atoms with E-state index in [2.05, 4.69) is 10.3 Å². The number of nitrogens with zero attached hydrogens (tertiary/aromatic N) is 2. The summed E-state index contributed by atoms with van der Waals surface area (Å²) in [4.78, 5) is 17.1. The zero-order valence-corrected chi connectivity index (χ0v) is 15.2. The standard InChI is InChI=1S/C19H18ClN3O3/c1-3-25-15-9-12-8-11(2)26-14(12)10-13(15)21-19(24)17-18(20)22-16-6-4-5-7-23(16)17/h4-7,9-11H,3,8H2,1-2H3,(H,21,24). The minimum Gasteiger partial charge on any atom is -0.492 e. The first kappa shape index (κ1) is 16.7. The normalized spacial score (nSPS) is 15.6. The van der Waals surface area contributed by atoms with Crippen LogP contribution in [-0.2, 0) is 6.42 Å². The van der Waals surface area contributed by atoms with Crippen LogP contribution in [0.4, 0.5) is 5.69 Å². The van der Waals surface area contributed by atoms with E-state index in [1.54, 1.807) is 22.7 Å². The predicted octanol–water partition coefficient (Wildman–Crippen LogP) is 3.96. The molecule has 1 aliphatic rings. The fraction of sp³-hybridized carbons (Fsp3) is 0.263. The van der Waals surface area contributed by atoms with Gasteiger partial charge in [0.15, 0.2) is 10.8 Å². The highest BCUT2D eigenvalue weighted by Gasteiger charge is 2.24. The van der Waals surface area contributed by atoms with Crippen LogP contribution in [-0.4, -0.2) is 28.0 Å². The van der Waals surface area contributed by atoms with Crippen LogP contribution in [0.3, 0.4) is 0 Å². The molecule has 0 saturated carbocycles. The van der Waals surface area contributed by atoms with Gasteiger partial charge in [0.2, 0.25) is 0 Å². The van der Waals surface area contributed by atoms with E-state index < -0.39 is 0 Å². The van der Waals surface area contributed by atoms with Crippen molar-refractivity contribution in [1.82, 2.24) is 9.38 Å². The lowest BCUT2D eigenvalue weighted by atomic mass is 10.1. The molecule has 0 spiro atoms. The topological polar surface area (TPSA) is 64.9 Å². The number of anilines is 1. The van der Waals surface area contributed by atoms with Crippen molar-refractivity contribution in [1.29, 1.82) is 0 Å². The minimum absolute atomic E-state index is 0.110. The Kier molecular flexibility index (Phi) is 4.20. The number of fused-ring (bicyclic) bond motifs is 2. The van der Waals surface area contributed by atoms with E-state index in [4.69, 9.17) is 21.1 Å². The Balaban J connectivity index is 1.71. The Labute approximate surface area is 155 Å². The first-order valence-corrected chi connectivity index (χ1v) is 8.85. The van der Waals surface area contributed by atoms with Gasteiger partial charge in [-0.25, -0.2) is 4.98 Å². The van der Waals surface area contributed by atoms with Crippen molar-refractivity contribution in [3.8, 4) is 11.5 Å². The molecule has 0 saturated heterocycles. The molecule has 1 aliphatic heterocycles. The van der Waals surface area contributed by atoms with Gasteiger partial charge in [0.1, 0.15) is 23.3 Å². The third-order valence-corrected chi connectivity index (χ3v) is 4.51. The van der Waals surface area contributed by atoms with Gasteiger partial charge in [0.25, 0.3) is 5.91 Å². The molecule has 1 unspecified atom stereocenters. The summed E-state index contributed by atoms with van der Waals surface area (Å²) >= 11 is 6.19. The Morgan fingerprint density at radius 3 is 3.12 bits per heavy atom. The molecule has 0 aliphatic carbocycles. The smallest absolute Gasteiger partial charge is 0.276 e. The van der Waals surface area contributed by atoms with E-state index in [0.717, 1.165) is 17.7 Å². The number of hydrogen-bond donors (Lipinski definition) is 1. The number of carbonyl (C=O) groups excluding carboxylic acids is 1. The lowest BCUT2D eigenvalue weighted by molar-refractivity contribution is 0.102. The van der Waals surface area contributed by atoms with Gasteiger partial charge >= 0.3 is 0 Å². The van der Waals surface area contributed by atoms with Crippen LogP contribution in [0.5, 0.6) is 11.5 Å². The van der Waals surface area contributed by atoms with Crippen LogP contribution in [0, 0.1) is 0 Å². The maximum atomic E-state index is 12.9. The molecule has 4 rings (SSSR count). The zero-order chi connectivity index (χ0) is 18.3. The maximum Gasteiger partial charge on any atom is 0.276 e. The molecular weight excluding hydrogens is 354 g/mol. The zero-order valence-electron chi connectivity index (χ0n) is 14.5. The summed E-state index contributed by atoms with van der Waals surface area (Å²) in [5.41, 5.74) is 2.51. The average Bonchev–Trinajstić information content (AvgIpc) is 3.12. The Hall–Kier alpha value is -2.73. The highest BCUT2D eigenvalue weighted by atomic mass is 35.5. The minimum atomic E-state index is -0.361. The van der Waals surface area contributed by atoms with Crippen LogP contribution < -0.4 is 14.8 Å². The summed E-state index contributed by atoms with van der Waals surface area (Å²) < 4.78 is 13.2. The van der Waals surface area contributed by atoms with Crippen LogP contribution in [0.25, 0.3) is 5.65 Å². The van der Waals surface area contributed by atoms with E-state index in [0.29, 0.717) is 23.7 Å². The molecule has 3 aromatic rings. The van der Waals surface area contributed by atoms with Gasteiger partial charge in [0.05, 0.1) is 12.3 Å². The van der Waals surface area contributed by atoms with Gasteiger partial charge in [-0.1, -0.05) is 17.7 Å². The first-order valence-electron chi connectivity index (χ1n) is 8.47. The third kappa shape index (κ3) is 2.86. The SMILES string of the molecule is CCOc1cc2c(cc1NC(=O)c1c(Cl)nc3ccccn13)OC(C)C2. The largest absolute Gasteiger partial charge is 0.492 e. The highest BCUT2D eigenvalue weighted by molar-refractivity contribution is 6.33. The number of pyridine rings is 1. The highest BCUT2D eigenvalue weighted by Crippen LogP contribution is 2.38. The number of benzene rings is 1. The van der Waals surface area contributed by atoms with Crippen LogP contribution in [0.1, 0.15) is 29.9 Å². The molecule has 1 amide bonds. The number of imidazole rings is 1. The second-order valence-electron chi connectivity index (χ2n) is 6.16. The van der Waals surface area contributed by atoms with Crippen molar-refractivity contribution >= 4 is 28.8 Å². The van der Waals surface area contributed by atoms with Gasteiger partial charge in [-0.2, -0.15) is 0 Å². The molecule has 0 radical (unpaired) electrons. The quantitative estimate of drug-likeness (QED) is 0.753. The van der Waals surface area contributed by atoms with Crippen LogP contribution in [0.2, 0.25) is 5.15 Å². The van der Waals surface area contributed by atoms with Crippen molar-refractivity contribution in [2.24, 2.45) is 0 Å². The first-order chi connectivity index (χ1) is 12.6. The maximum absolute atomic E-state index is 12.9. The number of ether oxygens (including phenoxy) is 2. The number of amides is 1. The molecule has 0 fully saturated rings.